The molecule has 0 atom stereocenters. The molecule has 11 heteroatoms. The zero-order valence-electron chi connectivity index (χ0n) is 26.3. The zero-order valence-corrected chi connectivity index (χ0v) is 28.7. The fourth-order valence-electron chi connectivity index (χ4n) is 5.82. The molecular formula is C37H37ClN2O6S2. The number of hydrogen-bond acceptors (Lipinski definition) is 6. The van der Waals surface area contributed by atoms with Gasteiger partial charge < -0.3 is 9.45 Å². The number of hydrogen-bond donors (Lipinski definition) is 1. The van der Waals surface area contributed by atoms with E-state index in [1.54, 1.807) is 0 Å². The lowest BCUT2D eigenvalue weighted by molar-refractivity contribution is -0.698. The molecule has 48 heavy (non-hydrogen) atoms. The Morgan fingerprint density at radius 1 is 0.875 bits per heavy atom. The number of aryl methyl sites for hydroxylation is 1. The zero-order chi connectivity index (χ0) is 34.1. The summed E-state index contributed by atoms with van der Waals surface area (Å²) in [5, 5.41) is 0.644. The Balaban J connectivity index is 1.56. The monoisotopic (exact) mass is 704 g/mol. The molecule has 0 spiro atoms. The highest BCUT2D eigenvalue weighted by Gasteiger charge is 2.23. The van der Waals surface area contributed by atoms with Crippen LogP contribution in [-0.2, 0) is 26.8 Å². The third-order valence-corrected chi connectivity index (χ3v) is 10.1. The van der Waals surface area contributed by atoms with Gasteiger partial charge in [0.15, 0.2) is 6.20 Å². The lowest BCUT2D eigenvalue weighted by atomic mass is 9.98. The van der Waals surface area contributed by atoms with Crippen molar-refractivity contribution in [2.24, 2.45) is 0 Å². The van der Waals surface area contributed by atoms with Crippen molar-refractivity contribution >= 4 is 43.0 Å². The van der Waals surface area contributed by atoms with E-state index in [9.17, 15) is 25.9 Å². The van der Waals surface area contributed by atoms with Crippen LogP contribution in [0.2, 0.25) is 0 Å². The van der Waals surface area contributed by atoms with Crippen LogP contribution in [0.5, 0.6) is 0 Å². The molecule has 0 radical (unpaired) electrons. The quantitative estimate of drug-likeness (QED) is 0.157. The second kappa shape index (κ2) is 15.9. The Labute approximate surface area is 287 Å². The third-order valence-electron chi connectivity index (χ3n) is 8.06. The van der Waals surface area contributed by atoms with Gasteiger partial charge in [-0.3, -0.25) is 4.55 Å². The molecule has 1 aliphatic carbocycles. The van der Waals surface area contributed by atoms with Gasteiger partial charge in [-0.05, 0) is 71.9 Å². The SMILES string of the molecule is O=S(=O)([O-])CCC[n+]1ccccc1/C(=C/C1=C(Cl)C(=C/C(=C2/C=CC=CN2CCCS(=O)(=O)O)c2ccccc2)/CC1)c1ccccc1. The number of nitrogens with zero attached hydrogens (tertiary/aromatic N) is 2. The molecule has 2 heterocycles. The topological polar surface area (TPSA) is 119 Å². The average Bonchev–Trinajstić information content (AvgIpc) is 3.40. The molecule has 2 aliphatic rings. The average molecular weight is 705 g/mol. The normalized spacial score (nSPS) is 17.4. The smallest absolute Gasteiger partial charge is 0.264 e. The summed E-state index contributed by atoms with van der Waals surface area (Å²) >= 11 is 7.17. The van der Waals surface area contributed by atoms with Crippen LogP contribution in [0.3, 0.4) is 0 Å². The molecule has 0 saturated heterocycles. The summed E-state index contributed by atoms with van der Waals surface area (Å²) in [6.45, 7) is 0.752. The van der Waals surface area contributed by atoms with Crippen molar-refractivity contribution in [3.05, 3.63) is 160 Å². The molecule has 0 bridgehead atoms. The minimum Gasteiger partial charge on any atom is -0.748 e. The predicted octanol–water partition coefficient (Wildman–Crippen LogP) is 6.63. The number of allylic oxidation sites excluding steroid dienone is 9. The summed E-state index contributed by atoms with van der Waals surface area (Å²) in [7, 11) is -8.40. The summed E-state index contributed by atoms with van der Waals surface area (Å²) in [6.07, 6.45) is 15.6. The van der Waals surface area contributed by atoms with Gasteiger partial charge in [-0.15, -0.1) is 0 Å². The van der Waals surface area contributed by atoms with Crippen molar-refractivity contribution in [1.29, 1.82) is 0 Å². The summed E-state index contributed by atoms with van der Waals surface area (Å²) in [5.74, 6) is -0.769. The van der Waals surface area contributed by atoms with E-state index in [-0.39, 0.29) is 18.6 Å². The van der Waals surface area contributed by atoms with Crippen molar-refractivity contribution in [2.75, 3.05) is 18.1 Å². The van der Waals surface area contributed by atoms with Crippen molar-refractivity contribution in [1.82, 2.24) is 4.90 Å². The van der Waals surface area contributed by atoms with Gasteiger partial charge in [-0.25, -0.2) is 8.42 Å². The number of pyridine rings is 1. The number of aromatic nitrogens is 1. The second-order valence-electron chi connectivity index (χ2n) is 11.5. The first-order valence-electron chi connectivity index (χ1n) is 15.6. The lowest BCUT2D eigenvalue weighted by Crippen LogP contribution is -2.38. The molecular weight excluding hydrogens is 668 g/mol. The minimum atomic E-state index is -4.32. The molecule has 2 aromatic carbocycles. The van der Waals surface area contributed by atoms with Crippen molar-refractivity contribution in [3.8, 4) is 0 Å². The van der Waals surface area contributed by atoms with Gasteiger partial charge in [0.05, 0.1) is 21.4 Å². The highest BCUT2D eigenvalue weighted by atomic mass is 35.5. The van der Waals surface area contributed by atoms with Crippen LogP contribution >= 0.6 is 11.6 Å². The number of halogens is 1. The summed E-state index contributed by atoms with van der Waals surface area (Å²) < 4.78 is 67.9. The van der Waals surface area contributed by atoms with Crippen LogP contribution in [0.25, 0.3) is 11.1 Å². The van der Waals surface area contributed by atoms with Gasteiger partial charge in [-0.1, -0.05) is 78.3 Å². The molecule has 1 N–H and O–H groups in total. The summed E-state index contributed by atoms with van der Waals surface area (Å²) in [5.41, 5.74) is 7.47. The molecule has 3 aromatic rings. The third kappa shape index (κ3) is 9.74. The van der Waals surface area contributed by atoms with E-state index >= 15 is 0 Å². The Morgan fingerprint density at radius 2 is 1.56 bits per heavy atom. The molecule has 0 fully saturated rings. The first kappa shape index (κ1) is 35.3. The second-order valence-corrected chi connectivity index (χ2v) is 15.0. The Hall–Kier alpha value is -4.06. The molecule has 8 nitrogen and oxygen atoms in total. The fourth-order valence-corrected chi connectivity index (χ4v) is 7.10. The predicted molar refractivity (Wildman–Crippen MR) is 189 cm³/mol. The van der Waals surface area contributed by atoms with Crippen LogP contribution in [0.15, 0.2) is 144 Å². The van der Waals surface area contributed by atoms with Gasteiger partial charge in [0, 0.05) is 53.4 Å². The molecule has 0 amide bonds. The standard InChI is InChI=1S/C37H37ClN2O6S2/c38-37-31(27-33(29-13-3-1-4-14-29)35-17-7-9-21-39(35)23-11-25-47(41,42)43)19-20-32(37)28-34(30-15-5-2-6-16-30)36-18-8-10-22-40(36)24-12-26-48(44,45)46/h1-10,13-18,21-22,27-28H,11-12,19-20,23-26H2,(H-,41,42,43,44,45,46). The van der Waals surface area contributed by atoms with E-state index in [2.05, 4.69) is 12.2 Å². The number of rotatable bonds is 13. The maximum absolute atomic E-state index is 11.4. The molecule has 1 aromatic heterocycles. The van der Waals surface area contributed by atoms with Gasteiger partial charge >= 0.3 is 0 Å². The fraction of sp³-hybridized carbons (Fsp3) is 0.216. The van der Waals surface area contributed by atoms with Gasteiger partial charge in [0.2, 0.25) is 5.69 Å². The Kier molecular flexibility index (Phi) is 11.7. The van der Waals surface area contributed by atoms with E-state index in [1.807, 2.05) is 119 Å². The maximum Gasteiger partial charge on any atom is 0.264 e. The molecule has 1 aliphatic heterocycles. The highest BCUT2D eigenvalue weighted by Crippen LogP contribution is 2.40. The van der Waals surface area contributed by atoms with Crippen molar-refractivity contribution in [3.63, 3.8) is 0 Å². The van der Waals surface area contributed by atoms with Crippen molar-refractivity contribution in [2.45, 2.75) is 32.2 Å². The molecule has 0 unspecified atom stereocenters. The van der Waals surface area contributed by atoms with Crippen molar-refractivity contribution < 1.29 is 30.5 Å². The van der Waals surface area contributed by atoms with E-state index in [0.29, 0.717) is 31.0 Å². The van der Waals surface area contributed by atoms with Crippen LogP contribution in [0.4, 0.5) is 0 Å². The summed E-state index contributed by atoms with van der Waals surface area (Å²) in [6, 6.07) is 25.6. The van der Waals surface area contributed by atoms with E-state index in [1.165, 1.54) is 0 Å². The van der Waals surface area contributed by atoms with Gasteiger partial charge in [-0.2, -0.15) is 13.0 Å². The maximum atomic E-state index is 11.4. The molecule has 5 rings (SSSR count). The largest absolute Gasteiger partial charge is 0.748 e. The van der Waals surface area contributed by atoms with Gasteiger partial charge in [0.25, 0.3) is 10.1 Å². The Morgan fingerprint density at radius 3 is 2.25 bits per heavy atom. The van der Waals surface area contributed by atoms with E-state index < -0.39 is 26.0 Å². The molecule has 250 valence electrons. The first-order valence-corrected chi connectivity index (χ1v) is 19.2. The number of benzene rings is 2. The highest BCUT2D eigenvalue weighted by molar-refractivity contribution is 7.85. The van der Waals surface area contributed by atoms with E-state index in [0.717, 1.165) is 44.8 Å². The van der Waals surface area contributed by atoms with Crippen LogP contribution in [0.1, 0.15) is 42.5 Å². The summed E-state index contributed by atoms with van der Waals surface area (Å²) in [4.78, 5) is 1.98. The van der Waals surface area contributed by atoms with Crippen LogP contribution in [-0.4, -0.2) is 48.9 Å². The minimum absolute atomic E-state index is 0.194. The van der Waals surface area contributed by atoms with Crippen LogP contribution < -0.4 is 4.57 Å². The Bertz CT molecular complexity index is 2030. The van der Waals surface area contributed by atoms with Gasteiger partial charge in [0.1, 0.15) is 6.54 Å². The molecule has 0 saturated carbocycles. The van der Waals surface area contributed by atoms with Crippen LogP contribution in [0, 0.1) is 0 Å². The lowest BCUT2D eigenvalue weighted by Gasteiger charge is -2.26. The first-order chi connectivity index (χ1) is 23.0. The van der Waals surface area contributed by atoms with E-state index in [4.69, 9.17) is 11.6 Å².